The third-order valence-electron chi connectivity index (χ3n) is 6.02. The number of aryl methyl sites for hydroxylation is 2. The van der Waals surface area contributed by atoms with Crippen molar-refractivity contribution >= 4 is 27.7 Å². The number of rotatable bonds is 7. The Morgan fingerprint density at radius 1 is 1.00 bits per heavy atom. The number of nitrogens with one attached hydrogen (secondary N) is 1. The van der Waals surface area contributed by atoms with Gasteiger partial charge in [0.15, 0.2) is 0 Å². The Hall–Kier alpha value is -2.14. The summed E-state index contributed by atoms with van der Waals surface area (Å²) in [5.41, 5.74) is 4.29. The molecule has 2 aromatic carbocycles. The van der Waals surface area contributed by atoms with Gasteiger partial charge in [0, 0.05) is 17.1 Å². The summed E-state index contributed by atoms with van der Waals surface area (Å²) in [5, 5.41) is 3.19. The average molecular weight is 485 g/mol. The molecule has 0 spiro atoms. The van der Waals surface area contributed by atoms with E-state index in [-0.39, 0.29) is 17.9 Å². The molecule has 2 aromatic rings. The molecule has 1 fully saturated rings. The van der Waals surface area contributed by atoms with Gasteiger partial charge in [-0.25, -0.2) is 0 Å². The van der Waals surface area contributed by atoms with Crippen molar-refractivity contribution in [2.75, 3.05) is 0 Å². The molecule has 1 aliphatic carbocycles. The smallest absolute Gasteiger partial charge is 0.242 e. The minimum absolute atomic E-state index is 0.0285. The van der Waals surface area contributed by atoms with Crippen LogP contribution < -0.4 is 5.32 Å². The molecule has 0 saturated heterocycles. The van der Waals surface area contributed by atoms with Gasteiger partial charge in [-0.2, -0.15) is 0 Å². The fourth-order valence-electron chi connectivity index (χ4n) is 4.39. The number of nitrogens with zero attached hydrogens (tertiary/aromatic N) is 1. The van der Waals surface area contributed by atoms with Crippen LogP contribution in [0.4, 0.5) is 0 Å². The Balaban J connectivity index is 1.77. The Kier molecular flexibility index (Phi) is 8.30. The Bertz CT molecular complexity index is 884. The summed E-state index contributed by atoms with van der Waals surface area (Å²) in [6.07, 6.45) is 5.91. The normalized spacial score (nSPS) is 15.4. The molecule has 2 amide bonds. The number of carbonyl (C=O) groups is 2. The predicted octanol–water partition coefficient (Wildman–Crippen LogP) is 5.47. The largest absolute Gasteiger partial charge is 0.352 e. The van der Waals surface area contributed by atoms with Crippen molar-refractivity contribution in [1.82, 2.24) is 10.2 Å². The van der Waals surface area contributed by atoms with Crippen LogP contribution in [0.25, 0.3) is 0 Å². The molecule has 3 rings (SSSR count). The van der Waals surface area contributed by atoms with E-state index in [1.54, 1.807) is 4.90 Å². The number of benzene rings is 2. The Morgan fingerprint density at radius 3 is 2.23 bits per heavy atom. The van der Waals surface area contributed by atoms with E-state index < -0.39 is 6.04 Å². The lowest BCUT2D eigenvalue weighted by Crippen LogP contribution is -2.50. The molecule has 0 unspecified atom stereocenters. The number of halogens is 1. The van der Waals surface area contributed by atoms with E-state index in [1.165, 1.54) is 6.42 Å². The van der Waals surface area contributed by atoms with Gasteiger partial charge in [0.25, 0.3) is 0 Å². The minimum Gasteiger partial charge on any atom is -0.352 e. The summed E-state index contributed by atoms with van der Waals surface area (Å²) < 4.78 is 0.993. The van der Waals surface area contributed by atoms with Crippen LogP contribution in [0, 0.1) is 13.8 Å². The minimum atomic E-state index is -0.524. The van der Waals surface area contributed by atoms with Crippen LogP contribution in [0.5, 0.6) is 0 Å². The second-order valence-corrected chi connectivity index (χ2v) is 9.76. The fourth-order valence-corrected chi connectivity index (χ4v) is 4.65. The highest BCUT2D eigenvalue weighted by atomic mass is 79.9. The van der Waals surface area contributed by atoms with Crippen LogP contribution in [0.1, 0.15) is 61.3 Å². The second kappa shape index (κ2) is 10.9. The van der Waals surface area contributed by atoms with E-state index in [4.69, 9.17) is 0 Å². The molecule has 1 atom stereocenters. The highest BCUT2D eigenvalue weighted by Crippen LogP contribution is 2.19. The first-order chi connectivity index (χ1) is 14.8. The van der Waals surface area contributed by atoms with Gasteiger partial charge in [0.05, 0.1) is 6.42 Å². The highest BCUT2D eigenvalue weighted by Gasteiger charge is 2.28. The highest BCUT2D eigenvalue weighted by molar-refractivity contribution is 9.10. The first-order valence-electron chi connectivity index (χ1n) is 11.2. The van der Waals surface area contributed by atoms with Gasteiger partial charge in [0.1, 0.15) is 6.04 Å². The van der Waals surface area contributed by atoms with E-state index in [0.717, 1.165) is 52.4 Å². The first kappa shape index (κ1) is 23.5. The predicted molar refractivity (Wildman–Crippen MR) is 129 cm³/mol. The standard InChI is InChI=1S/C26H33BrN2O2/c1-18-13-19(2)15-22(14-18)16-25(30)29(17-21-9-11-23(27)12-10-21)20(3)26(31)28-24-7-5-4-6-8-24/h9-15,20,24H,4-8,16-17H2,1-3H3,(H,28,31)/t20-/m0/s1. The van der Waals surface area contributed by atoms with Crippen molar-refractivity contribution in [2.45, 2.75) is 77.9 Å². The van der Waals surface area contributed by atoms with Crippen LogP contribution in [0.2, 0.25) is 0 Å². The van der Waals surface area contributed by atoms with Crippen LogP contribution >= 0.6 is 15.9 Å². The Labute approximate surface area is 194 Å². The molecule has 31 heavy (non-hydrogen) atoms. The molecule has 0 bridgehead atoms. The Morgan fingerprint density at radius 2 is 1.61 bits per heavy atom. The third kappa shape index (κ3) is 6.93. The molecular weight excluding hydrogens is 452 g/mol. The maximum Gasteiger partial charge on any atom is 0.242 e. The summed E-state index contributed by atoms with van der Waals surface area (Å²) in [5.74, 6) is -0.0861. The molecule has 166 valence electrons. The van der Waals surface area contributed by atoms with Crippen molar-refractivity contribution in [1.29, 1.82) is 0 Å². The van der Waals surface area contributed by atoms with Crippen LogP contribution in [0.15, 0.2) is 46.9 Å². The molecule has 0 aliphatic heterocycles. The summed E-state index contributed by atoms with van der Waals surface area (Å²) in [4.78, 5) is 28.2. The van der Waals surface area contributed by atoms with Crippen molar-refractivity contribution in [3.8, 4) is 0 Å². The lowest BCUT2D eigenvalue weighted by molar-refractivity contribution is -0.140. The summed E-state index contributed by atoms with van der Waals surface area (Å²) in [6.45, 7) is 6.34. The van der Waals surface area contributed by atoms with Crippen molar-refractivity contribution in [2.24, 2.45) is 0 Å². The molecule has 1 saturated carbocycles. The molecule has 4 nitrogen and oxygen atoms in total. The maximum absolute atomic E-state index is 13.4. The fraction of sp³-hybridized carbons (Fsp3) is 0.462. The molecular formula is C26H33BrN2O2. The van der Waals surface area contributed by atoms with Crippen LogP contribution in [-0.2, 0) is 22.6 Å². The number of carbonyl (C=O) groups excluding carboxylic acids is 2. The molecule has 5 heteroatoms. The summed E-state index contributed by atoms with van der Waals surface area (Å²) in [7, 11) is 0. The maximum atomic E-state index is 13.4. The van der Waals surface area contributed by atoms with Gasteiger partial charge in [0.2, 0.25) is 11.8 Å². The number of amides is 2. The zero-order valence-electron chi connectivity index (χ0n) is 18.8. The second-order valence-electron chi connectivity index (χ2n) is 8.84. The topological polar surface area (TPSA) is 49.4 Å². The van der Waals surface area contributed by atoms with Crippen molar-refractivity contribution < 1.29 is 9.59 Å². The summed E-state index contributed by atoms with van der Waals surface area (Å²) in [6, 6.07) is 13.8. The first-order valence-corrected chi connectivity index (χ1v) is 12.0. The molecule has 1 N–H and O–H groups in total. The van der Waals surface area contributed by atoms with Gasteiger partial charge >= 0.3 is 0 Å². The lowest BCUT2D eigenvalue weighted by Gasteiger charge is -2.31. The van der Waals surface area contributed by atoms with E-state index in [1.807, 2.05) is 45.0 Å². The van der Waals surface area contributed by atoms with E-state index in [2.05, 4.69) is 39.4 Å². The van der Waals surface area contributed by atoms with E-state index >= 15 is 0 Å². The molecule has 0 radical (unpaired) electrons. The van der Waals surface area contributed by atoms with Crippen LogP contribution in [-0.4, -0.2) is 28.8 Å². The van der Waals surface area contributed by atoms with E-state index in [9.17, 15) is 9.59 Å². The summed E-state index contributed by atoms with van der Waals surface area (Å²) >= 11 is 3.46. The van der Waals surface area contributed by atoms with Crippen LogP contribution in [0.3, 0.4) is 0 Å². The quantitative estimate of drug-likeness (QED) is 0.565. The average Bonchev–Trinajstić information content (AvgIpc) is 2.72. The van der Waals surface area contributed by atoms with Gasteiger partial charge in [-0.05, 0) is 56.9 Å². The third-order valence-corrected chi connectivity index (χ3v) is 6.55. The lowest BCUT2D eigenvalue weighted by atomic mass is 9.95. The zero-order chi connectivity index (χ0) is 22.4. The zero-order valence-corrected chi connectivity index (χ0v) is 20.4. The van der Waals surface area contributed by atoms with Gasteiger partial charge < -0.3 is 10.2 Å². The van der Waals surface area contributed by atoms with E-state index in [0.29, 0.717) is 13.0 Å². The number of hydrogen-bond donors (Lipinski definition) is 1. The van der Waals surface area contributed by atoms with Gasteiger partial charge in [-0.1, -0.05) is 76.7 Å². The van der Waals surface area contributed by atoms with Crippen molar-refractivity contribution in [3.63, 3.8) is 0 Å². The van der Waals surface area contributed by atoms with Crippen molar-refractivity contribution in [3.05, 3.63) is 69.2 Å². The molecule has 1 aliphatic rings. The molecule has 0 heterocycles. The van der Waals surface area contributed by atoms with Gasteiger partial charge in [-0.15, -0.1) is 0 Å². The molecule has 0 aromatic heterocycles. The number of hydrogen-bond acceptors (Lipinski definition) is 2. The van der Waals surface area contributed by atoms with Gasteiger partial charge in [-0.3, -0.25) is 9.59 Å². The SMILES string of the molecule is Cc1cc(C)cc(CC(=O)N(Cc2ccc(Br)cc2)[C@@H](C)C(=O)NC2CCCCC2)c1. The monoisotopic (exact) mass is 484 g/mol.